The van der Waals surface area contributed by atoms with E-state index in [0.29, 0.717) is 5.69 Å². The van der Waals surface area contributed by atoms with Gasteiger partial charge < -0.3 is 0 Å². The lowest BCUT2D eigenvalue weighted by Crippen LogP contribution is -1.77. The predicted molar refractivity (Wildman–Crippen MR) is 31.7 cm³/mol. The fraction of sp³-hybridized carbons (Fsp3) is 0.167. The highest BCUT2D eigenvalue weighted by Crippen LogP contribution is 1.99. The Labute approximate surface area is 48.4 Å². The van der Waals surface area contributed by atoms with Crippen molar-refractivity contribution in [2.24, 2.45) is 0 Å². The highest BCUT2D eigenvalue weighted by atomic mass is 14.7. The molecule has 0 aliphatic carbocycles. The van der Waals surface area contributed by atoms with Crippen molar-refractivity contribution in [1.82, 2.24) is 10.7 Å². The zero-order valence-electron chi connectivity index (χ0n) is 4.68. The van der Waals surface area contributed by atoms with Crippen LogP contribution in [-0.2, 0) is 0 Å². The van der Waals surface area contributed by atoms with Crippen molar-refractivity contribution in [3.63, 3.8) is 0 Å². The molecule has 1 radical (unpaired) electrons. The summed E-state index contributed by atoms with van der Waals surface area (Å²) >= 11 is 0. The van der Waals surface area contributed by atoms with Gasteiger partial charge in [-0.1, -0.05) is 0 Å². The number of nitrogens with zero attached hydrogens (tertiary/aromatic N) is 1. The largest absolute Gasteiger partial charge is 0.299 e. The minimum atomic E-state index is 0.468. The summed E-state index contributed by atoms with van der Waals surface area (Å²) in [5.41, 5.74) is 8.46. The topological polar surface area (TPSA) is 36.7 Å². The molecular formula is C6H7N2. The van der Waals surface area contributed by atoms with Crippen LogP contribution >= 0.6 is 0 Å². The molecule has 2 nitrogen and oxygen atoms in total. The number of hydrogen-bond acceptors (Lipinski definition) is 1. The Morgan fingerprint density at radius 3 is 2.62 bits per heavy atom. The summed E-state index contributed by atoms with van der Waals surface area (Å²) in [6, 6.07) is 3.55. The molecule has 0 unspecified atom stereocenters. The number of pyridine rings is 1. The van der Waals surface area contributed by atoms with E-state index >= 15 is 0 Å². The van der Waals surface area contributed by atoms with Crippen LogP contribution in [0.25, 0.3) is 0 Å². The van der Waals surface area contributed by atoms with Gasteiger partial charge in [0.25, 0.3) is 0 Å². The molecule has 0 aromatic carbocycles. The number of aryl methyl sites for hydroxylation is 1. The van der Waals surface area contributed by atoms with Crippen LogP contribution in [0.15, 0.2) is 18.3 Å². The summed E-state index contributed by atoms with van der Waals surface area (Å²) in [5, 5.41) is 0. The molecule has 8 heavy (non-hydrogen) atoms. The molecule has 0 aliphatic heterocycles. The Morgan fingerprint density at radius 1 is 1.50 bits per heavy atom. The van der Waals surface area contributed by atoms with Gasteiger partial charge >= 0.3 is 0 Å². The lowest BCUT2D eigenvalue weighted by molar-refractivity contribution is 1.19. The summed E-state index contributed by atoms with van der Waals surface area (Å²) in [7, 11) is 0. The number of nitrogens with one attached hydrogen (secondary N) is 1. The van der Waals surface area contributed by atoms with E-state index in [1.54, 1.807) is 6.07 Å². The number of aromatic nitrogens is 1. The van der Waals surface area contributed by atoms with Gasteiger partial charge in [-0.25, -0.2) is 0 Å². The summed E-state index contributed by atoms with van der Waals surface area (Å²) in [4.78, 5) is 3.89. The molecule has 41 valence electrons. The van der Waals surface area contributed by atoms with Gasteiger partial charge in [0.1, 0.15) is 0 Å². The van der Waals surface area contributed by atoms with Gasteiger partial charge in [0.05, 0.1) is 11.9 Å². The van der Waals surface area contributed by atoms with Crippen LogP contribution in [0.2, 0.25) is 0 Å². The third kappa shape index (κ3) is 0.964. The van der Waals surface area contributed by atoms with Crippen molar-refractivity contribution in [1.29, 1.82) is 0 Å². The molecule has 2 heteroatoms. The highest BCUT2D eigenvalue weighted by Gasteiger charge is 1.82. The summed E-state index contributed by atoms with van der Waals surface area (Å²) in [6.07, 6.45) is 1.54. The first-order valence-electron chi connectivity index (χ1n) is 2.43. The maximum atomic E-state index is 7.03. The van der Waals surface area contributed by atoms with Gasteiger partial charge in [-0.2, -0.15) is 0 Å². The summed E-state index contributed by atoms with van der Waals surface area (Å²) in [5.74, 6) is 0. The van der Waals surface area contributed by atoms with E-state index in [0.717, 1.165) is 5.69 Å². The van der Waals surface area contributed by atoms with Gasteiger partial charge in [0.15, 0.2) is 0 Å². The quantitative estimate of drug-likeness (QED) is 0.492. The van der Waals surface area contributed by atoms with Gasteiger partial charge in [0.2, 0.25) is 0 Å². The fourth-order valence-corrected chi connectivity index (χ4v) is 0.468. The number of hydrogen-bond donors (Lipinski definition) is 0. The van der Waals surface area contributed by atoms with E-state index in [9.17, 15) is 0 Å². The first-order valence-corrected chi connectivity index (χ1v) is 2.43. The predicted octanol–water partition coefficient (Wildman–Crippen LogP) is 1.30. The second-order valence-electron chi connectivity index (χ2n) is 1.69. The standard InChI is InChI=1S/C6H7N2/c1-5-2-3-6(7)4-8-5/h2-4,7H,1H3. The van der Waals surface area contributed by atoms with Crippen LogP contribution in [0.4, 0.5) is 5.69 Å². The Hall–Kier alpha value is -1.05. The summed E-state index contributed by atoms with van der Waals surface area (Å²) < 4.78 is 0. The SMILES string of the molecule is Cc1ccc([NH])cn1. The van der Waals surface area contributed by atoms with Crippen molar-refractivity contribution >= 4 is 5.69 Å². The molecule has 0 bridgehead atoms. The van der Waals surface area contributed by atoms with Gasteiger partial charge in [-0.15, -0.1) is 0 Å². The van der Waals surface area contributed by atoms with E-state index in [2.05, 4.69) is 4.98 Å². The maximum absolute atomic E-state index is 7.03. The molecule has 0 fully saturated rings. The van der Waals surface area contributed by atoms with E-state index in [-0.39, 0.29) is 0 Å². The molecule has 0 spiro atoms. The Morgan fingerprint density at radius 2 is 2.25 bits per heavy atom. The zero-order valence-corrected chi connectivity index (χ0v) is 4.68. The molecule has 1 N–H and O–H groups in total. The third-order valence-corrected chi connectivity index (χ3v) is 0.911. The molecule has 1 heterocycles. The van der Waals surface area contributed by atoms with Crippen LogP contribution in [-0.4, -0.2) is 4.98 Å². The molecule has 0 saturated heterocycles. The average molecular weight is 107 g/mol. The highest BCUT2D eigenvalue weighted by molar-refractivity contribution is 5.29. The monoisotopic (exact) mass is 107 g/mol. The molecular weight excluding hydrogens is 100 g/mol. The molecule has 0 saturated carbocycles. The molecule has 0 amide bonds. The van der Waals surface area contributed by atoms with Gasteiger partial charge in [-0.05, 0) is 19.1 Å². The molecule has 1 rings (SSSR count). The average Bonchev–Trinajstić information content (AvgIpc) is 1.77. The number of rotatable bonds is 0. The van der Waals surface area contributed by atoms with Crippen molar-refractivity contribution in [2.45, 2.75) is 6.92 Å². The summed E-state index contributed by atoms with van der Waals surface area (Å²) in [6.45, 7) is 1.90. The van der Waals surface area contributed by atoms with Crippen molar-refractivity contribution in [3.8, 4) is 0 Å². The molecule has 1 aromatic heterocycles. The zero-order chi connectivity index (χ0) is 5.98. The first kappa shape index (κ1) is 5.09. The van der Waals surface area contributed by atoms with E-state index < -0.39 is 0 Å². The molecule has 0 aliphatic rings. The normalized spacial score (nSPS) is 9.12. The lowest BCUT2D eigenvalue weighted by Gasteiger charge is -1.88. The van der Waals surface area contributed by atoms with E-state index in [1.165, 1.54) is 6.20 Å². The Kier molecular flexibility index (Phi) is 1.16. The van der Waals surface area contributed by atoms with E-state index in [1.807, 2.05) is 13.0 Å². The van der Waals surface area contributed by atoms with E-state index in [4.69, 9.17) is 5.73 Å². The Balaban J connectivity index is 3.03. The van der Waals surface area contributed by atoms with Crippen LogP contribution in [0.1, 0.15) is 5.69 Å². The second-order valence-corrected chi connectivity index (χ2v) is 1.69. The van der Waals surface area contributed by atoms with Gasteiger partial charge in [0, 0.05) is 5.69 Å². The van der Waals surface area contributed by atoms with Crippen molar-refractivity contribution in [2.75, 3.05) is 0 Å². The minimum absolute atomic E-state index is 0.468. The lowest BCUT2D eigenvalue weighted by atomic mass is 10.4. The molecule has 0 atom stereocenters. The fourth-order valence-electron chi connectivity index (χ4n) is 0.468. The van der Waals surface area contributed by atoms with Crippen molar-refractivity contribution < 1.29 is 0 Å². The first-order chi connectivity index (χ1) is 3.79. The minimum Gasteiger partial charge on any atom is -0.299 e. The van der Waals surface area contributed by atoms with Crippen LogP contribution in [0.5, 0.6) is 0 Å². The molecule has 1 aromatic rings. The maximum Gasteiger partial charge on any atom is 0.0723 e. The van der Waals surface area contributed by atoms with Crippen molar-refractivity contribution in [3.05, 3.63) is 24.0 Å². The van der Waals surface area contributed by atoms with Crippen LogP contribution < -0.4 is 5.73 Å². The second kappa shape index (κ2) is 1.82. The third-order valence-electron chi connectivity index (χ3n) is 0.911. The smallest absolute Gasteiger partial charge is 0.0723 e. The Bertz CT molecular complexity index is 145. The van der Waals surface area contributed by atoms with Gasteiger partial charge in [-0.3, -0.25) is 10.7 Å². The van der Waals surface area contributed by atoms with Crippen LogP contribution in [0.3, 0.4) is 0 Å². The van der Waals surface area contributed by atoms with Crippen LogP contribution in [0, 0.1) is 6.92 Å².